The summed E-state index contributed by atoms with van der Waals surface area (Å²) in [5.41, 5.74) is 7.98. The molecule has 2 aliphatic carbocycles. The maximum Gasteiger partial charge on any atom is 0.254 e. The Morgan fingerprint density at radius 2 is 2.11 bits per heavy atom. The van der Waals surface area contributed by atoms with Crippen LogP contribution in [0, 0.1) is 5.92 Å². The first kappa shape index (κ1) is 20.2. The summed E-state index contributed by atoms with van der Waals surface area (Å²) in [7, 11) is 0. The van der Waals surface area contributed by atoms with Gasteiger partial charge in [0.25, 0.3) is 5.91 Å². The molecule has 1 amide bonds. The van der Waals surface area contributed by atoms with Crippen LogP contribution in [-0.2, 0) is 0 Å². The molecular formula is C27H19ClN6O. The fraction of sp³-hybridized carbons (Fsp3) is 0.111. The van der Waals surface area contributed by atoms with E-state index >= 15 is 0 Å². The van der Waals surface area contributed by atoms with E-state index in [1.54, 1.807) is 30.9 Å². The Hall–Kier alpha value is -4.23. The molecule has 0 saturated heterocycles. The molecule has 0 fully saturated rings. The molecular weight excluding hydrogens is 460 g/mol. The van der Waals surface area contributed by atoms with Crippen LogP contribution in [-0.4, -0.2) is 30.8 Å². The third-order valence-electron chi connectivity index (χ3n) is 6.88. The summed E-state index contributed by atoms with van der Waals surface area (Å²) in [5, 5.41) is 3.79. The fourth-order valence-corrected chi connectivity index (χ4v) is 5.59. The summed E-state index contributed by atoms with van der Waals surface area (Å²) < 4.78 is 0. The Kier molecular flexibility index (Phi) is 4.41. The molecule has 7 rings (SSSR count). The van der Waals surface area contributed by atoms with Gasteiger partial charge in [-0.05, 0) is 41.3 Å². The van der Waals surface area contributed by atoms with Gasteiger partial charge >= 0.3 is 0 Å². The van der Waals surface area contributed by atoms with Gasteiger partial charge in [-0.25, -0.2) is 9.97 Å². The summed E-state index contributed by atoms with van der Waals surface area (Å²) in [5.74, 6) is 0.718. The van der Waals surface area contributed by atoms with Crippen molar-refractivity contribution in [3.63, 3.8) is 0 Å². The first-order valence-corrected chi connectivity index (χ1v) is 11.8. The highest BCUT2D eigenvalue weighted by Gasteiger charge is 2.39. The predicted molar refractivity (Wildman–Crippen MR) is 136 cm³/mol. The third kappa shape index (κ3) is 3.12. The maximum absolute atomic E-state index is 13.5. The van der Waals surface area contributed by atoms with Gasteiger partial charge in [-0.3, -0.25) is 9.78 Å². The number of rotatable bonds is 3. The van der Waals surface area contributed by atoms with Crippen LogP contribution in [0.25, 0.3) is 39.0 Å². The predicted octanol–water partition coefficient (Wildman–Crippen LogP) is 5.60. The number of nitrogens with one attached hydrogen (secondary N) is 3. The zero-order valence-corrected chi connectivity index (χ0v) is 19.2. The SMILES string of the molecule is O=C(NC1c2cccc(-c3nc4ccncc4[nH]3)c2C2=CC=CCC21)c1cc(Cl)cc2[nH]cnc12. The van der Waals surface area contributed by atoms with Gasteiger partial charge in [-0.15, -0.1) is 0 Å². The molecule has 3 aromatic heterocycles. The largest absolute Gasteiger partial charge is 0.345 e. The van der Waals surface area contributed by atoms with E-state index in [4.69, 9.17) is 16.6 Å². The lowest BCUT2D eigenvalue weighted by atomic mass is 9.89. The molecule has 2 unspecified atom stereocenters. The molecule has 0 aliphatic heterocycles. The fourth-order valence-electron chi connectivity index (χ4n) is 5.37. The first-order valence-electron chi connectivity index (χ1n) is 11.4. The first-order chi connectivity index (χ1) is 17.2. The van der Waals surface area contributed by atoms with Crippen molar-refractivity contribution in [2.75, 3.05) is 0 Å². The van der Waals surface area contributed by atoms with E-state index in [1.807, 2.05) is 12.1 Å². The van der Waals surface area contributed by atoms with Crippen molar-refractivity contribution in [3.05, 3.63) is 95.1 Å². The second kappa shape index (κ2) is 7.65. The third-order valence-corrected chi connectivity index (χ3v) is 7.10. The second-order valence-electron chi connectivity index (χ2n) is 8.84. The zero-order valence-electron chi connectivity index (χ0n) is 18.4. The molecule has 0 bridgehead atoms. The van der Waals surface area contributed by atoms with Crippen LogP contribution in [0.3, 0.4) is 0 Å². The highest BCUT2D eigenvalue weighted by molar-refractivity contribution is 6.32. The molecule has 7 nitrogen and oxygen atoms in total. The molecule has 0 radical (unpaired) electrons. The molecule has 2 atom stereocenters. The Balaban J connectivity index is 1.34. The van der Waals surface area contributed by atoms with Crippen molar-refractivity contribution in [3.8, 4) is 11.4 Å². The second-order valence-corrected chi connectivity index (χ2v) is 9.28. The summed E-state index contributed by atoms with van der Waals surface area (Å²) in [6.45, 7) is 0. The van der Waals surface area contributed by atoms with Gasteiger partial charge in [0, 0.05) is 22.7 Å². The van der Waals surface area contributed by atoms with E-state index in [-0.39, 0.29) is 17.9 Å². The van der Waals surface area contributed by atoms with Gasteiger partial charge in [0.2, 0.25) is 0 Å². The van der Waals surface area contributed by atoms with E-state index in [9.17, 15) is 4.79 Å². The van der Waals surface area contributed by atoms with Crippen molar-refractivity contribution >= 4 is 45.1 Å². The number of aromatic amines is 2. The number of pyridine rings is 1. The van der Waals surface area contributed by atoms with Crippen molar-refractivity contribution in [2.45, 2.75) is 12.5 Å². The average molecular weight is 479 g/mol. The average Bonchev–Trinajstić information content (AvgIpc) is 3.59. The molecule has 3 N–H and O–H groups in total. The van der Waals surface area contributed by atoms with E-state index in [0.717, 1.165) is 45.5 Å². The lowest BCUT2D eigenvalue weighted by molar-refractivity contribution is 0.0931. The molecule has 8 heteroatoms. The number of halogens is 1. The number of H-pyrrole nitrogens is 2. The molecule has 0 saturated carbocycles. The Labute approximate surface area is 205 Å². The minimum Gasteiger partial charge on any atom is -0.345 e. The number of carbonyl (C=O) groups excluding carboxylic acids is 1. The number of amides is 1. The van der Waals surface area contributed by atoms with Crippen LogP contribution in [0.5, 0.6) is 0 Å². The molecule has 0 spiro atoms. The van der Waals surface area contributed by atoms with Crippen LogP contribution >= 0.6 is 11.6 Å². The monoisotopic (exact) mass is 478 g/mol. The summed E-state index contributed by atoms with van der Waals surface area (Å²) >= 11 is 6.29. The normalized spacial score (nSPS) is 18.5. The smallest absolute Gasteiger partial charge is 0.254 e. The van der Waals surface area contributed by atoms with E-state index in [0.29, 0.717) is 16.1 Å². The summed E-state index contributed by atoms with van der Waals surface area (Å²) in [6.07, 6.45) is 12.3. The topological polar surface area (TPSA) is 99.4 Å². The van der Waals surface area contributed by atoms with E-state index in [2.05, 4.69) is 55.6 Å². The summed E-state index contributed by atoms with van der Waals surface area (Å²) in [4.78, 5) is 33.3. The van der Waals surface area contributed by atoms with Crippen molar-refractivity contribution in [1.82, 2.24) is 30.2 Å². The molecule has 3 heterocycles. The zero-order chi connectivity index (χ0) is 23.5. The van der Waals surface area contributed by atoms with Gasteiger partial charge in [0.05, 0.1) is 40.7 Å². The standard InChI is InChI=1S/C27H19ClN6O/c28-14-10-19(25-21(11-14)30-13-31-25)27(35)34-24-16-5-2-1-4-15(16)23-17(24)6-3-7-18(23)26-32-20-8-9-29-12-22(20)33-26/h1-4,6-13,16,24H,5H2,(H,30,31)(H,32,33)(H,34,35). The summed E-state index contributed by atoms with van der Waals surface area (Å²) in [6, 6.07) is 11.3. The molecule has 170 valence electrons. The van der Waals surface area contributed by atoms with Crippen molar-refractivity contribution in [2.24, 2.45) is 5.92 Å². The quantitative estimate of drug-likeness (QED) is 0.314. The van der Waals surface area contributed by atoms with Crippen LogP contribution in [0.15, 0.2) is 73.3 Å². The minimum atomic E-state index is -0.198. The number of benzene rings is 2. The van der Waals surface area contributed by atoms with Gasteiger partial charge < -0.3 is 15.3 Å². The Morgan fingerprint density at radius 3 is 3.03 bits per heavy atom. The van der Waals surface area contributed by atoms with Crippen molar-refractivity contribution in [1.29, 1.82) is 0 Å². The number of fused-ring (bicyclic) bond motifs is 5. The van der Waals surface area contributed by atoms with Gasteiger partial charge in [-0.1, -0.05) is 48.0 Å². The number of nitrogens with zero attached hydrogens (tertiary/aromatic N) is 3. The Morgan fingerprint density at radius 1 is 1.17 bits per heavy atom. The van der Waals surface area contributed by atoms with Crippen molar-refractivity contribution < 1.29 is 4.79 Å². The Bertz CT molecular complexity index is 1680. The van der Waals surface area contributed by atoms with Gasteiger partial charge in [0.1, 0.15) is 11.3 Å². The molecule has 2 aliphatic rings. The number of allylic oxidation sites excluding steroid dienone is 3. The van der Waals surface area contributed by atoms with Gasteiger partial charge in [0.15, 0.2) is 0 Å². The van der Waals surface area contributed by atoms with Gasteiger partial charge in [-0.2, -0.15) is 0 Å². The number of hydrogen-bond donors (Lipinski definition) is 3. The van der Waals surface area contributed by atoms with Crippen LogP contribution in [0.4, 0.5) is 0 Å². The number of carbonyl (C=O) groups is 1. The highest BCUT2D eigenvalue weighted by atomic mass is 35.5. The highest BCUT2D eigenvalue weighted by Crippen LogP contribution is 2.51. The van der Waals surface area contributed by atoms with Crippen LogP contribution in [0.1, 0.15) is 33.9 Å². The molecule has 2 aromatic carbocycles. The molecule has 35 heavy (non-hydrogen) atoms. The minimum absolute atomic E-state index is 0.125. The number of imidazole rings is 2. The number of hydrogen-bond acceptors (Lipinski definition) is 4. The maximum atomic E-state index is 13.5. The van der Waals surface area contributed by atoms with Crippen LogP contribution < -0.4 is 5.32 Å². The lowest BCUT2D eigenvalue weighted by Crippen LogP contribution is -2.31. The lowest BCUT2D eigenvalue weighted by Gasteiger charge is -2.23. The molecule has 5 aromatic rings. The van der Waals surface area contributed by atoms with Crippen LogP contribution in [0.2, 0.25) is 5.02 Å². The van der Waals surface area contributed by atoms with E-state index < -0.39 is 0 Å². The number of aromatic nitrogens is 5. The van der Waals surface area contributed by atoms with E-state index in [1.165, 1.54) is 5.57 Å².